The molecular weight excluding hydrogens is 320 g/mol. The van der Waals surface area contributed by atoms with Crippen LogP contribution in [0.5, 0.6) is 0 Å². The number of aryl methyl sites for hydroxylation is 1. The van der Waals surface area contributed by atoms with Gasteiger partial charge in [-0.3, -0.25) is 0 Å². The Morgan fingerprint density at radius 2 is 1.64 bits per heavy atom. The SMILES string of the molecule is CCCc1cnc(-c2ccc(-c3ccc(C#N)c(F)c3)c(F)c2)nc1. The van der Waals surface area contributed by atoms with Crippen molar-refractivity contribution in [3.8, 4) is 28.6 Å². The van der Waals surface area contributed by atoms with E-state index in [2.05, 4.69) is 16.9 Å². The maximum atomic E-state index is 14.5. The van der Waals surface area contributed by atoms with Gasteiger partial charge < -0.3 is 0 Å². The molecule has 5 heteroatoms. The number of nitriles is 1. The molecule has 0 aliphatic rings. The summed E-state index contributed by atoms with van der Waals surface area (Å²) in [5.74, 6) is -0.725. The maximum Gasteiger partial charge on any atom is 0.159 e. The highest BCUT2D eigenvalue weighted by Gasteiger charge is 2.11. The number of nitrogens with zero attached hydrogens (tertiary/aromatic N) is 3. The predicted octanol–water partition coefficient (Wildman–Crippen LogP) is 4.91. The molecule has 0 amide bonds. The molecule has 0 aliphatic carbocycles. The molecule has 0 N–H and O–H groups in total. The van der Waals surface area contributed by atoms with Gasteiger partial charge in [0.05, 0.1) is 5.56 Å². The molecule has 0 spiro atoms. The van der Waals surface area contributed by atoms with E-state index in [-0.39, 0.29) is 11.1 Å². The molecule has 3 nitrogen and oxygen atoms in total. The van der Waals surface area contributed by atoms with Crippen molar-refractivity contribution in [3.05, 3.63) is 71.6 Å². The van der Waals surface area contributed by atoms with Gasteiger partial charge in [0, 0.05) is 23.5 Å². The van der Waals surface area contributed by atoms with Crippen molar-refractivity contribution in [2.45, 2.75) is 19.8 Å². The van der Waals surface area contributed by atoms with Gasteiger partial charge in [-0.15, -0.1) is 0 Å². The minimum atomic E-state index is -0.668. The van der Waals surface area contributed by atoms with E-state index in [9.17, 15) is 8.78 Å². The Hall–Kier alpha value is -3.13. The zero-order valence-electron chi connectivity index (χ0n) is 13.6. The van der Waals surface area contributed by atoms with Gasteiger partial charge in [-0.05, 0) is 35.7 Å². The number of aromatic nitrogens is 2. The molecule has 2 aromatic carbocycles. The molecule has 0 aliphatic heterocycles. The molecule has 0 saturated carbocycles. The molecule has 1 heterocycles. The number of hydrogen-bond donors (Lipinski definition) is 0. The van der Waals surface area contributed by atoms with E-state index in [1.165, 1.54) is 18.2 Å². The quantitative estimate of drug-likeness (QED) is 0.680. The number of benzene rings is 2. The number of rotatable bonds is 4. The van der Waals surface area contributed by atoms with Crippen LogP contribution in [0.2, 0.25) is 0 Å². The topological polar surface area (TPSA) is 49.6 Å². The smallest absolute Gasteiger partial charge is 0.159 e. The molecule has 0 atom stereocenters. The molecule has 0 radical (unpaired) electrons. The van der Waals surface area contributed by atoms with Crippen molar-refractivity contribution in [1.82, 2.24) is 9.97 Å². The second kappa shape index (κ2) is 7.18. The lowest BCUT2D eigenvalue weighted by Gasteiger charge is -2.07. The first-order chi connectivity index (χ1) is 12.1. The van der Waals surface area contributed by atoms with Crippen LogP contribution in [0, 0.1) is 23.0 Å². The Kier molecular flexibility index (Phi) is 4.80. The van der Waals surface area contributed by atoms with Gasteiger partial charge in [0.15, 0.2) is 5.82 Å². The van der Waals surface area contributed by atoms with Crippen LogP contribution in [-0.4, -0.2) is 9.97 Å². The zero-order chi connectivity index (χ0) is 17.8. The first-order valence-electron chi connectivity index (χ1n) is 7.93. The largest absolute Gasteiger partial charge is 0.236 e. The molecule has 3 rings (SSSR count). The minimum Gasteiger partial charge on any atom is -0.236 e. The van der Waals surface area contributed by atoms with E-state index in [4.69, 9.17) is 5.26 Å². The van der Waals surface area contributed by atoms with Crippen LogP contribution in [0.1, 0.15) is 24.5 Å². The average Bonchev–Trinajstić information content (AvgIpc) is 2.62. The molecule has 1 aromatic heterocycles. The van der Waals surface area contributed by atoms with Gasteiger partial charge in [0.1, 0.15) is 17.7 Å². The minimum absolute atomic E-state index is 0.0682. The van der Waals surface area contributed by atoms with Crippen LogP contribution < -0.4 is 0 Å². The van der Waals surface area contributed by atoms with Gasteiger partial charge in [0.25, 0.3) is 0 Å². The fourth-order valence-corrected chi connectivity index (χ4v) is 2.58. The van der Waals surface area contributed by atoms with Crippen LogP contribution in [-0.2, 0) is 6.42 Å². The Bertz CT molecular complexity index is 944. The van der Waals surface area contributed by atoms with Gasteiger partial charge in [-0.25, -0.2) is 18.7 Å². The molecule has 0 saturated heterocycles. The van der Waals surface area contributed by atoms with Crippen molar-refractivity contribution in [2.75, 3.05) is 0 Å². The third kappa shape index (κ3) is 3.53. The first-order valence-corrected chi connectivity index (χ1v) is 7.93. The Morgan fingerprint density at radius 1 is 0.960 bits per heavy atom. The van der Waals surface area contributed by atoms with E-state index >= 15 is 0 Å². The molecule has 0 unspecified atom stereocenters. The highest BCUT2D eigenvalue weighted by atomic mass is 19.1. The summed E-state index contributed by atoms with van der Waals surface area (Å²) in [4.78, 5) is 8.55. The Morgan fingerprint density at radius 3 is 2.24 bits per heavy atom. The Balaban J connectivity index is 1.93. The molecule has 0 bridgehead atoms. The molecule has 0 fully saturated rings. The van der Waals surface area contributed by atoms with E-state index < -0.39 is 11.6 Å². The van der Waals surface area contributed by atoms with Gasteiger partial charge in [0.2, 0.25) is 0 Å². The van der Waals surface area contributed by atoms with Crippen molar-refractivity contribution in [3.63, 3.8) is 0 Å². The third-order valence-electron chi connectivity index (χ3n) is 3.87. The second-order valence-electron chi connectivity index (χ2n) is 5.67. The maximum absolute atomic E-state index is 14.5. The van der Waals surface area contributed by atoms with Crippen molar-refractivity contribution in [2.24, 2.45) is 0 Å². The summed E-state index contributed by atoms with van der Waals surface area (Å²) in [5.41, 5.74) is 2.16. The summed E-state index contributed by atoms with van der Waals surface area (Å²) >= 11 is 0. The van der Waals surface area contributed by atoms with Crippen LogP contribution in [0.4, 0.5) is 8.78 Å². The van der Waals surface area contributed by atoms with Crippen LogP contribution in [0.25, 0.3) is 22.5 Å². The summed E-state index contributed by atoms with van der Waals surface area (Å²) in [6.07, 6.45) is 5.40. The Labute approximate surface area is 144 Å². The first kappa shape index (κ1) is 16.7. The van der Waals surface area contributed by atoms with Crippen LogP contribution in [0.3, 0.4) is 0 Å². The van der Waals surface area contributed by atoms with Crippen molar-refractivity contribution < 1.29 is 8.78 Å². The molecule has 124 valence electrons. The monoisotopic (exact) mass is 335 g/mol. The summed E-state index contributed by atoms with van der Waals surface area (Å²) < 4.78 is 28.2. The van der Waals surface area contributed by atoms with Crippen LogP contribution >= 0.6 is 0 Å². The fraction of sp³-hybridized carbons (Fsp3) is 0.150. The highest BCUT2D eigenvalue weighted by molar-refractivity contribution is 5.69. The van der Waals surface area contributed by atoms with Gasteiger partial charge in [-0.1, -0.05) is 31.5 Å². The summed E-state index contributed by atoms with van der Waals surface area (Å²) in [5, 5.41) is 8.77. The normalized spacial score (nSPS) is 10.5. The third-order valence-corrected chi connectivity index (χ3v) is 3.87. The summed E-state index contributed by atoms with van der Waals surface area (Å²) in [6, 6.07) is 10.4. The lowest BCUT2D eigenvalue weighted by Crippen LogP contribution is -1.94. The molecule has 3 aromatic rings. The second-order valence-corrected chi connectivity index (χ2v) is 5.67. The summed E-state index contributed by atoms with van der Waals surface area (Å²) in [7, 11) is 0. The lowest BCUT2D eigenvalue weighted by atomic mass is 10.0. The lowest BCUT2D eigenvalue weighted by molar-refractivity contribution is 0.622. The van der Waals surface area contributed by atoms with Gasteiger partial charge >= 0.3 is 0 Å². The van der Waals surface area contributed by atoms with Crippen LogP contribution in [0.15, 0.2) is 48.8 Å². The van der Waals surface area contributed by atoms with Gasteiger partial charge in [-0.2, -0.15) is 5.26 Å². The average molecular weight is 335 g/mol. The van der Waals surface area contributed by atoms with E-state index in [0.29, 0.717) is 17.0 Å². The van der Waals surface area contributed by atoms with E-state index in [1.807, 2.05) is 0 Å². The highest BCUT2D eigenvalue weighted by Crippen LogP contribution is 2.27. The molecule has 25 heavy (non-hydrogen) atoms. The molecular formula is C20H15F2N3. The van der Waals surface area contributed by atoms with Crippen molar-refractivity contribution >= 4 is 0 Å². The van der Waals surface area contributed by atoms with Crippen molar-refractivity contribution in [1.29, 1.82) is 5.26 Å². The standard InChI is InChI=1S/C20H15F2N3/c1-2-3-13-11-24-20(25-12-13)15-6-7-17(19(22)9-15)14-4-5-16(10-23)18(21)8-14/h4-9,11-12H,2-3H2,1H3. The number of halogens is 2. The fourth-order valence-electron chi connectivity index (χ4n) is 2.58. The predicted molar refractivity (Wildman–Crippen MR) is 91.5 cm³/mol. The van der Waals surface area contributed by atoms with E-state index in [0.717, 1.165) is 24.5 Å². The number of hydrogen-bond acceptors (Lipinski definition) is 3. The zero-order valence-corrected chi connectivity index (χ0v) is 13.6. The van der Waals surface area contributed by atoms with E-state index in [1.54, 1.807) is 30.6 Å². The summed E-state index contributed by atoms with van der Waals surface area (Å²) in [6.45, 7) is 2.08.